The number of nitrogens with zero attached hydrogens (tertiary/aromatic N) is 1. The number of para-hydroxylation sites is 1. The Labute approximate surface area is 202 Å². The van der Waals surface area contributed by atoms with E-state index in [0.717, 1.165) is 28.4 Å². The van der Waals surface area contributed by atoms with Crippen molar-refractivity contribution in [2.45, 2.75) is 13.8 Å². The van der Waals surface area contributed by atoms with Crippen molar-refractivity contribution in [3.63, 3.8) is 0 Å². The van der Waals surface area contributed by atoms with Gasteiger partial charge >= 0.3 is 0 Å². The van der Waals surface area contributed by atoms with Gasteiger partial charge in [-0.3, -0.25) is 0 Å². The molecule has 0 amide bonds. The van der Waals surface area contributed by atoms with E-state index in [1.165, 1.54) is 22.3 Å². The van der Waals surface area contributed by atoms with Crippen LogP contribution in [0.2, 0.25) is 0 Å². The van der Waals surface area contributed by atoms with Gasteiger partial charge in [0.2, 0.25) is 0 Å². The SMILES string of the molecule is Cc1ccc(Nc2ccc(N(c3ccccc3)c3cccc(-c4ccccc4)c3)c(C)c2)cc1. The van der Waals surface area contributed by atoms with Crippen LogP contribution in [0.15, 0.2) is 127 Å². The molecule has 5 aromatic carbocycles. The first-order valence-corrected chi connectivity index (χ1v) is 11.6. The number of nitrogens with one attached hydrogen (secondary N) is 1. The van der Waals surface area contributed by atoms with E-state index >= 15 is 0 Å². The molecule has 2 nitrogen and oxygen atoms in total. The molecule has 0 heterocycles. The van der Waals surface area contributed by atoms with Gasteiger partial charge in [0.15, 0.2) is 0 Å². The number of anilines is 5. The molecule has 0 aliphatic rings. The van der Waals surface area contributed by atoms with Crippen LogP contribution in [0, 0.1) is 13.8 Å². The number of hydrogen-bond donors (Lipinski definition) is 1. The van der Waals surface area contributed by atoms with Crippen molar-refractivity contribution in [1.29, 1.82) is 0 Å². The molecule has 34 heavy (non-hydrogen) atoms. The van der Waals surface area contributed by atoms with E-state index in [2.05, 4.69) is 151 Å². The summed E-state index contributed by atoms with van der Waals surface area (Å²) < 4.78 is 0. The second kappa shape index (κ2) is 9.68. The highest BCUT2D eigenvalue weighted by Crippen LogP contribution is 2.39. The van der Waals surface area contributed by atoms with Gasteiger partial charge in [0.25, 0.3) is 0 Å². The Morgan fingerprint density at radius 1 is 0.500 bits per heavy atom. The molecule has 0 aliphatic carbocycles. The third-order valence-electron chi connectivity index (χ3n) is 6.00. The predicted octanol–water partition coefficient (Wildman–Crippen LogP) is 9.18. The average molecular weight is 441 g/mol. The minimum absolute atomic E-state index is 1.08. The minimum Gasteiger partial charge on any atom is -0.356 e. The first-order valence-electron chi connectivity index (χ1n) is 11.6. The standard InChI is InChI=1S/C32H28N2/c1-24-16-18-28(19-17-24)33-29-20-21-32(25(2)22-29)34(30-13-7-4-8-14-30)31-15-9-12-27(23-31)26-10-5-3-6-11-26/h3-23,33H,1-2H3. The molecule has 0 spiro atoms. The van der Waals surface area contributed by atoms with Crippen molar-refractivity contribution >= 4 is 28.4 Å². The zero-order valence-electron chi connectivity index (χ0n) is 19.6. The maximum absolute atomic E-state index is 3.53. The van der Waals surface area contributed by atoms with Crippen LogP contribution in [0.5, 0.6) is 0 Å². The fourth-order valence-electron chi connectivity index (χ4n) is 4.25. The van der Waals surface area contributed by atoms with Crippen molar-refractivity contribution in [2.24, 2.45) is 0 Å². The summed E-state index contributed by atoms with van der Waals surface area (Å²) >= 11 is 0. The van der Waals surface area contributed by atoms with Gasteiger partial charge in [-0.15, -0.1) is 0 Å². The van der Waals surface area contributed by atoms with Crippen molar-refractivity contribution in [1.82, 2.24) is 0 Å². The Kier molecular flexibility index (Phi) is 6.13. The monoisotopic (exact) mass is 440 g/mol. The largest absolute Gasteiger partial charge is 0.356 e. The number of hydrogen-bond acceptors (Lipinski definition) is 2. The topological polar surface area (TPSA) is 15.3 Å². The summed E-state index contributed by atoms with van der Waals surface area (Å²) in [5, 5.41) is 3.53. The molecule has 0 unspecified atom stereocenters. The Morgan fingerprint density at radius 2 is 1.12 bits per heavy atom. The van der Waals surface area contributed by atoms with E-state index in [9.17, 15) is 0 Å². The van der Waals surface area contributed by atoms with Crippen molar-refractivity contribution in [2.75, 3.05) is 10.2 Å². The lowest BCUT2D eigenvalue weighted by atomic mass is 10.0. The molecule has 5 rings (SSSR count). The van der Waals surface area contributed by atoms with Crippen molar-refractivity contribution in [3.8, 4) is 11.1 Å². The molecule has 0 radical (unpaired) electrons. The Bertz CT molecular complexity index is 1370. The summed E-state index contributed by atoms with van der Waals surface area (Å²) in [6.45, 7) is 4.28. The van der Waals surface area contributed by atoms with Gasteiger partial charge in [-0.1, -0.05) is 78.4 Å². The number of benzene rings is 5. The molecule has 0 fully saturated rings. The predicted molar refractivity (Wildman–Crippen MR) is 146 cm³/mol. The molecule has 166 valence electrons. The highest BCUT2D eigenvalue weighted by Gasteiger charge is 2.15. The lowest BCUT2D eigenvalue weighted by molar-refractivity contribution is 1.25. The van der Waals surface area contributed by atoms with Crippen LogP contribution >= 0.6 is 0 Å². The van der Waals surface area contributed by atoms with Crippen LogP contribution in [-0.2, 0) is 0 Å². The van der Waals surface area contributed by atoms with Crippen LogP contribution in [0.25, 0.3) is 11.1 Å². The van der Waals surface area contributed by atoms with Gasteiger partial charge in [0.1, 0.15) is 0 Å². The van der Waals surface area contributed by atoms with Gasteiger partial charge in [0, 0.05) is 28.4 Å². The van der Waals surface area contributed by atoms with Crippen LogP contribution < -0.4 is 10.2 Å². The molecular formula is C32H28N2. The first kappa shape index (κ1) is 21.5. The molecule has 0 aromatic heterocycles. The van der Waals surface area contributed by atoms with E-state index < -0.39 is 0 Å². The summed E-state index contributed by atoms with van der Waals surface area (Å²) in [7, 11) is 0. The minimum atomic E-state index is 1.08. The summed E-state index contributed by atoms with van der Waals surface area (Å²) in [6.07, 6.45) is 0. The van der Waals surface area contributed by atoms with Crippen molar-refractivity contribution < 1.29 is 0 Å². The average Bonchev–Trinajstić information content (AvgIpc) is 2.88. The zero-order valence-corrected chi connectivity index (χ0v) is 19.6. The lowest BCUT2D eigenvalue weighted by Gasteiger charge is -2.28. The van der Waals surface area contributed by atoms with Crippen LogP contribution in [0.4, 0.5) is 28.4 Å². The Balaban J connectivity index is 1.54. The Morgan fingerprint density at radius 3 is 1.82 bits per heavy atom. The summed E-state index contributed by atoms with van der Waals surface area (Å²) in [4.78, 5) is 2.33. The second-order valence-electron chi connectivity index (χ2n) is 8.58. The summed E-state index contributed by atoms with van der Waals surface area (Å²) in [5.74, 6) is 0. The fourth-order valence-corrected chi connectivity index (χ4v) is 4.25. The molecule has 0 saturated carbocycles. The van der Waals surface area contributed by atoms with E-state index in [4.69, 9.17) is 0 Å². The van der Waals surface area contributed by atoms with E-state index in [-0.39, 0.29) is 0 Å². The summed E-state index contributed by atoms with van der Waals surface area (Å²) in [5.41, 5.74) is 10.5. The summed E-state index contributed by atoms with van der Waals surface area (Å²) in [6, 6.07) is 44.9. The molecular weight excluding hydrogens is 412 g/mol. The highest BCUT2D eigenvalue weighted by molar-refractivity contribution is 5.82. The fraction of sp³-hybridized carbons (Fsp3) is 0.0625. The third kappa shape index (κ3) is 4.72. The van der Waals surface area contributed by atoms with Gasteiger partial charge in [0.05, 0.1) is 0 Å². The van der Waals surface area contributed by atoms with E-state index in [1.54, 1.807) is 0 Å². The van der Waals surface area contributed by atoms with E-state index in [1.807, 2.05) is 0 Å². The van der Waals surface area contributed by atoms with Gasteiger partial charge in [-0.2, -0.15) is 0 Å². The smallest absolute Gasteiger partial charge is 0.0492 e. The van der Waals surface area contributed by atoms with Crippen LogP contribution in [-0.4, -0.2) is 0 Å². The molecule has 0 aliphatic heterocycles. The third-order valence-corrected chi connectivity index (χ3v) is 6.00. The zero-order chi connectivity index (χ0) is 23.3. The van der Waals surface area contributed by atoms with Crippen LogP contribution in [0.1, 0.15) is 11.1 Å². The molecule has 0 saturated heterocycles. The number of aryl methyl sites for hydroxylation is 2. The normalized spacial score (nSPS) is 10.6. The molecule has 0 bridgehead atoms. The maximum Gasteiger partial charge on any atom is 0.0492 e. The van der Waals surface area contributed by atoms with Crippen molar-refractivity contribution in [3.05, 3.63) is 139 Å². The number of rotatable bonds is 6. The second-order valence-corrected chi connectivity index (χ2v) is 8.58. The molecule has 5 aromatic rings. The highest BCUT2D eigenvalue weighted by atomic mass is 15.1. The quantitative estimate of drug-likeness (QED) is 0.283. The van der Waals surface area contributed by atoms with Gasteiger partial charge in [-0.25, -0.2) is 0 Å². The first-order chi connectivity index (χ1) is 16.7. The Hall–Kier alpha value is -4.30. The van der Waals surface area contributed by atoms with Gasteiger partial charge in [-0.05, 0) is 85.1 Å². The van der Waals surface area contributed by atoms with Crippen LogP contribution in [0.3, 0.4) is 0 Å². The van der Waals surface area contributed by atoms with Gasteiger partial charge < -0.3 is 10.2 Å². The maximum atomic E-state index is 3.53. The molecule has 2 heteroatoms. The lowest BCUT2D eigenvalue weighted by Crippen LogP contribution is -2.11. The molecule has 0 atom stereocenters. The van der Waals surface area contributed by atoms with E-state index in [0.29, 0.717) is 0 Å². The molecule has 1 N–H and O–H groups in total.